The van der Waals surface area contributed by atoms with Crippen molar-refractivity contribution < 1.29 is 13.5 Å². The van der Waals surface area contributed by atoms with Crippen molar-refractivity contribution in [1.29, 1.82) is 0 Å². The maximum atomic E-state index is 13.3. The van der Waals surface area contributed by atoms with E-state index in [1.807, 2.05) is 0 Å². The molecule has 0 aliphatic heterocycles. The molecule has 1 aromatic carbocycles. The van der Waals surface area contributed by atoms with Crippen molar-refractivity contribution in [3.05, 3.63) is 33.4 Å². The van der Waals surface area contributed by atoms with Crippen LogP contribution in [0.2, 0.25) is 5.15 Å². The predicted molar refractivity (Wildman–Crippen MR) is 59.1 cm³/mol. The predicted octanol–water partition coefficient (Wildman–Crippen LogP) is 4.02. The molecule has 0 N–H and O–H groups in total. The largest absolute Gasteiger partial charge is 0.432 e. The quantitative estimate of drug-likeness (QED) is 0.781. The lowest BCUT2D eigenvalue weighted by atomic mass is 10.3. The fourth-order valence-electron chi connectivity index (χ4n) is 0.942. The van der Waals surface area contributed by atoms with E-state index in [2.05, 4.69) is 24.7 Å². The van der Waals surface area contributed by atoms with Gasteiger partial charge in [-0.15, -0.1) is 4.37 Å². The molecule has 16 heavy (non-hydrogen) atoms. The molecule has 84 valence electrons. The van der Waals surface area contributed by atoms with Crippen LogP contribution in [0.4, 0.5) is 8.78 Å². The zero-order chi connectivity index (χ0) is 11.7. The third-order valence-corrected chi connectivity index (χ3v) is 2.90. The number of ether oxygens (including phenoxy) is 1. The van der Waals surface area contributed by atoms with Crippen LogP contribution in [0.15, 0.2) is 16.6 Å². The van der Waals surface area contributed by atoms with Gasteiger partial charge in [-0.25, -0.2) is 4.39 Å². The minimum Gasteiger partial charge on any atom is -0.432 e. The molecular formula is C8H2BrClF2N2OS. The van der Waals surface area contributed by atoms with Gasteiger partial charge in [0, 0.05) is 4.47 Å². The van der Waals surface area contributed by atoms with Crippen molar-refractivity contribution in [3.8, 4) is 11.6 Å². The molecule has 8 heteroatoms. The fourth-order valence-corrected chi connectivity index (χ4v) is 1.96. The summed E-state index contributed by atoms with van der Waals surface area (Å²) in [4.78, 5) is 0. The van der Waals surface area contributed by atoms with Crippen molar-refractivity contribution in [3.63, 3.8) is 0 Å². The van der Waals surface area contributed by atoms with Crippen molar-refractivity contribution in [2.24, 2.45) is 0 Å². The highest BCUT2D eigenvalue weighted by Gasteiger charge is 2.15. The second-order valence-corrected chi connectivity index (χ2v) is 4.46. The maximum absolute atomic E-state index is 13.3. The van der Waals surface area contributed by atoms with Gasteiger partial charge < -0.3 is 4.74 Å². The summed E-state index contributed by atoms with van der Waals surface area (Å²) in [6, 6.07) is 2.26. The number of nitrogens with zero attached hydrogens (tertiary/aromatic N) is 2. The average Bonchev–Trinajstić information content (AvgIpc) is 2.60. The Bertz CT molecular complexity index is 537. The summed E-state index contributed by atoms with van der Waals surface area (Å²) in [5, 5.41) is 0.00443. The Kier molecular flexibility index (Phi) is 3.36. The minimum atomic E-state index is -1.10. The average molecular weight is 328 g/mol. The molecule has 0 saturated carbocycles. The molecule has 0 aliphatic rings. The van der Waals surface area contributed by atoms with Crippen LogP contribution in [-0.2, 0) is 0 Å². The summed E-state index contributed by atoms with van der Waals surface area (Å²) in [5.41, 5.74) is 0. The van der Waals surface area contributed by atoms with Gasteiger partial charge in [0.25, 0.3) is 5.88 Å². The number of rotatable bonds is 2. The highest BCUT2D eigenvalue weighted by Crippen LogP contribution is 2.31. The molecule has 0 fully saturated rings. The van der Waals surface area contributed by atoms with E-state index in [0.717, 1.165) is 17.8 Å². The van der Waals surface area contributed by atoms with Crippen LogP contribution in [0.25, 0.3) is 0 Å². The zero-order valence-electron chi connectivity index (χ0n) is 7.38. The standard InChI is InChI=1S/C8H2BrClF2N2OS/c9-3-1-4(11)6(12)5(2-3)15-8-7(10)13-16-14-8/h1-2H. The number of halogens is 4. The molecule has 1 aromatic heterocycles. The topological polar surface area (TPSA) is 35.0 Å². The molecular weight excluding hydrogens is 326 g/mol. The first-order chi connectivity index (χ1) is 7.58. The van der Waals surface area contributed by atoms with Gasteiger partial charge in [0.15, 0.2) is 11.6 Å². The van der Waals surface area contributed by atoms with Gasteiger partial charge in [-0.05, 0) is 12.1 Å². The van der Waals surface area contributed by atoms with Crippen LogP contribution < -0.4 is 4.74 Å². The zero-order valence-corrected chi connectivity index (χ0v) is 10.5. The molecule has 0 saturated heterocycles. The van der Waals surface area contributed by atoms with Crippen LogP contribution in [0.3, 0.4) is 0 Å². The monoisotopic (exact) mass is 326 g/mol. The van der Waals surface area contributed by atoms with Gasteiger partial charge in [-0.3, -0.25) is 0 Å². The minimum absolute atomic E-state index is 0.00443. The summed E-state index contributed by atoms with van der Waals surface area (Å²) in [6.45, 7) is 0. The first-order valence-corrected chi connectivity index (χ1v) is 5.78. The van der Waals surface area contributed by atoms with Crippen LogP contribution in [-0.4, -0.2) is 8.75 Å². The number of benzene rings is 1. The summed E-state index contributed by atoms with van der Waals surface area (Å²) < 4.78 is 39.0. The molecule has 0 radical (unpaired) electrons. The molecule has 0 amide bonds. The summed E-state index contributed by atoms with van der Waals surface area (Å²) in [6.07, 6.45) is 0. The van der Waals surface area contributed by atoms with E-state index >= 15 is 0 Å². The van der Waals surface area contributed by atoms with Crippen LogP contribution in [0.1, 0.15) is 0 Å². The lowest BCUT2D eigenvalue weighted by Crippen LogP contribution is -1.92. The lowest BCUT2D eigenvalue weighted by Gasteiger charge is -2.04. The van der Waals surface area contributed by atoms with E-state index in [1.165, 1.54) is 6.07 Å². The summed E-state index contributed by atoms with van der Waals surface area (Å²) in [5.74, 6) is -2.49. The third kappa shape index (κ3) is 2.31. The van der Waals surface area contributed by atoms with E-state index in [1.54, 1.807) is 0 Å². The fraction of sp³-hybridized carbons (Fsp3) is 0. The van der Waals surface area contributed by atoms with E-state index in [4.69, 9.17) is 16.3 Å². The van der Waals surface area contributed by atoms with Gasteiger partial charge in [-0.2, -0.15) is 8.76 Å². The second kappa shape index (κ2) is 4.60. The van der Waals surface area contributed by atoms with Crippen molar-refractivity contribution in [2.45, 2.75) is 0 Å². The molecule has 3 nitrogen and oxygen atoms in total. The maximum Gasteiger partial charge on any atom is 0.271 e. The van der Waals surface area contributed by atoms with Gasteiger partial charge in [0.05, 0.1) is 11.7 Å². The molecule has 0 atom stereocenters. The van der Waals surface area contributed by atoms with Crippen LogP contribution in [0.5, 0.6) is 11.6 Å². The highest BCUT2D eigenvalue weighted by molar-refractivity contribution is 9.10. The van der Waals surface area contributed by atoms with Crippen molar-refractivity contribution in [2.75, 3.05) is 0 Å². The van der Waals surface area contributed by atoms with Gasteiger partial charge >= 0.3 is 0 Å². The van der Waals surface area contributed by atoms with E-state index in [-0.39, 0.29) is 16.8 Å². The normalized spacial score (nSPS) is 10.5. The van der Waals surface area contributed by atoms with E-state index < -0.39 is 11.6 Å². The Morgan fingerprint density at radius 3 is 2.69 bits per heavy atom. The Morgan fingerprint density at radius 2 is 2.06 bits per heavy atom. The Hall–Kier alpha value is -0.790. The van der Waals surface area contributed by atoms with Crippen molar-refractivity contribution in [1.82, 2.24) is 8.75 Å². The molecule has 0 bridgehead atoms. The Balaban J connectivity index is 2.38. The third-order valence-electron chi connectivity index (χ3n) is 1.59. The molecule has 2 aromatic rings. The smallest absolute Gasteiger partial charge is 0.271 e. The van der Waals surface area contributed by atoms with Gasteiger partial charge in [-0.1, -0.05) is 27.5 Å². The van der Waals surface area contributed by atoms with Gasteiger partial charge in [0.2, 0.25) is 11.0 Å². The first kappa shape index (κ1) is 11.7. The molecule has 0 aliphatic carbocycles. The Labute approximate surface area is 106 Å². The molecule has 0 spiro atoms. The molecule has 0 unspecified atom stereocenters. The second-order valence-electron chi connectivity index (χ2n) is 2.66. The summed E-state index contributed by atoms with van der Waals surface area (Å²) >= 11 is 9.44. The molecule has 1 heterocycles. The summed E-state index contributed by atoms with van der Waals surface area (Å²) in [7, 11) is 0. The van der Waals surface area contributed by atoms with E-state index in [9.17, 15) is 8.78 Å². The SMILES string of the molecule is Fc1cc(Br)cc(Oc2nsnc2Cl)c1F. The first-order valence-electron chi connectivity index (χ1n) is 3.88. The van der Waals surface area contributed by atoms with Crippen LogP contribution in [0, 0.1) is 11.6 Å². The lowest BCUT2D eigenvalue weighted by molar-refractivity contribution is 0.407. The molecule has 2 rings (SSSR count). The number of hydrogen-bond acceptors (Lipinski definition) is 4. The number of aromatic nitrogens is 2. The highest BCUT2D eigenvalue weighted by atomic mass is 79.9. The van der Waals surface area contributed by atoms with Gasteiger partial charge in [0.1, 0.15) is 0 Å². The van der Waals surface area contributed by atoms with E-state index in [0.29, 0.717) is 4.47 Å². The van der Waals surface area contributed by atoms with Crippen LogP contribution >= 0.6 is 39.3 Å². The number of hydrogen-bond donors (Lipinski definition) is 0. The van der Waals surface area contributed by atoms with Crippen molar-refractivity contribution >= 4 is 39.3 Å². The Morgan fingerprint density at radius 1 is 1.31 bits per heavy atom.